The quantitative estimate of drug-likeness (QED) is 0.663. The predicted octanol–water partition coefficient (Wildman–Crippen LogP) is 2.84. The Balaban J connectivity index is 1.95. The van der Waals surface area contributed by atoms with Crippen molar-refractivity contribution in [2.45, 2.75) is 37.6 Å². The fraction of sp³-hybridized carbons (Fsp3) is 0.381. The van der Waals surface area contributed by atoms with Crippen LogP contribution in [0.25, 0.3) is 0 Å². The number of methoxy groups -OCH3 is 1. The third-order valence-electron chi connectivity index (χ3n) is 4.30. The van der Waals surface area contributed by atoms with E-state index in [-0.39, 0.29) is 22.8 Å². The Morgan fingerprint density at radius 1 is 1.00 bits per heavy atom. The van der Waals surface area contributed by atoms with Crippen LogP contribution >= 0.6 is 0 Å². The third kappa shape index (κ3) is 6.15. The van der Waals surface area contributed by atoms with Gasteiger partial charge in [0.1, 0.15) is 0 Å². The Bertz CT molecular complexity index is 883. The molecular weight excluding hydrogens is 376 g/mol. The molecule has 0 fully saturated rings. The molecule has 0 heterocycles. The Morgan fingerprint density at radius 3 is 2.14 bits per heavy atom. The van der Waals surface area contributed by atoms with E-state index < -0.39 is 10.0 Å². The molecule has 1 amide bonds. The van der Waals surface area contributed by atoms with Crippen LogP contribution in [0.5, 0.6) is 0 Å². The summed E-state index contributed by atoms with van der Waals surface area (Å²) in [5.74, 6) is -0.168. The normalized spacial score (nSPS) is 12.0. The lowest BCUT2D eigenvalue weighted by atomic mass is 9.87. The summed E-state index contributed by atoms with van der Waals surface area (Å²) in [6, 6.07) is 14.0. The maximum atomic E-state index is 12.3. The van der Waals surface area contributed by atoms with E-state index in [2.05, 4.69) is 30.8 Å². The van der Waals surface area contributed by atoms with E-state index in [0.29, 0.717) is 18.7 Å². The molecule has 28 heavy (non-hydrogen) atoms. The van der Waals surface area contributed by atoms with Crippen LogP contribution in [-0.2, 0) is 26.7 Å². The van der Waals surface area contributed by atoms with Gasteiger partial charge in [-0.1, -0.05) is 45.0 Å². The molecule has 0 atom stereocenters. The standard InChI is InChI=1S/C21H28N2O4S/c1-21(2,3)18-9-7-17(8-10-18)20(24)22-15-16-5-11-19(12-6-16)28(25,26)23-13-14-27-4/h5-12,23H,13-15H2,1-4H3,(H,22,24). The molecule has 0 aliphatic carbocycles. The molecule has 152 valence electrons. The largest absolute Gasteiger partial charge is 0.383 e. The molecule has 0 saturated heterocycles. The highest BCUT2D eigenvalue weighted by Gasteiger charge is 2.15. The Labute approximate surface area is 167 Å². The summed E-state index contributed by atoms with van der Waals surface area (Å²) >= 11 is 0. The average Bonchev–Trinajstić information content (AvgIpc) is 2.66. The van der Waals surface area contributed by atoms with E-state index in [9.17, 15) is 13.2 Å². The van der Waals surface area contributed by atoms with E-state index in [1.807, 2.05) is 24.3 Å². The number of amides is 1. The number of benzene rings is 2. The van der Waals surface area contributed by atoms with Gasteiger partial charge in [-0.15, -0.1) is 0 Å². The first kappa shape index (κ1) is 22.1. The zero-order chi connectivity index (χ0) is 20.8. The van der Waals surface area contributed by atoms with Gasteiger partial charge >= 0.3 is 0 Å². The predicted molar refractivity (Wildman–Crippen MR) is 110 cm³/mol. The summed E-state index contributed by atoms with van der Waals surface area (Å²) in [7, 11) is -2.05. The number of rotatable bonds is 8. The molecule has 6 nitrogen and oxygen atoms in total. The molecule has 0 bridgehead atoms. The van der Waals surface area contributed by atoms with Crippen LogP contribution in [0.15, 0.2) is 53.4 Å². The van der Waals surface area contributed by atoms with Gasteiger partial charge in [-0.25, -0.2) is 13.1 Å². The van der Waals surface area contributed by atoms with Crippen molar-refractivity contribution in [1.29, 1.82) is 0 Å². The van der Waals surface area contributed by atoms with Gasteiger partial charge in [0, 0.05) is 25.8 Å². The molecule has 2 rings (SSSR count). The summed E-state index contributed by atoms with van der Waals surface area (Å²) in [5.41, 5.74) is 2.61. The van der Waals surface area contributed by atoms with Crippen LogP contribution in [0.1, 0.15) is 42.3 Å². The highest BCUT2D eigenvalue weighted by atomic mass is 32.2. The second-order valence-electron chi connectivity index (χ2n) is 7.54. The van der Waals surface area contributed by atoms with Gasteiger partial charge in [0.2, 0.25) is 10.0 Å². The fourth-order valence-corrected chi connectivity index (χ4v) is 3.57. The number of ether oxygens (including phenoxy) is 1. The van der Waals surface area contributed by atoms with Gasteiger partial charge in [-0.05, 0) is 40.8 Å². The zero-order valence-electron chi connectivity index (χ0n) is 16.8. The van der Waals surface area contributed by atoms with Gasteiger partial charge in [0.15, 0.2) is 0 Å². The van der Waals surface area contributed by atoms with Crippen LogP contribution in [-0.4, -0.2) is 34.6 Å². The highest BCUT2D eigenvalue weighted by Crippen LogP contribution is 2.22. The number of hydrogen-bond acceptors (Lipinski definition) is 4. The summed E-state index contributed by atoms with van der Waals surface area (Å²) in [6.45, 7) is 7.21. The van der Waals surface area contributed by atoms with E-state index in [4.69, 9.17) is 4.74 Å². The maximum absolute atomic E-state index is 12.3. The first-order chi connectivity index (χ1) is 13.1. The van der Waals surface area contributed by atoms with Gasteiger partial charge in [-0.3, -0.25) is 4.79 Å². The molecule has 2 aromatic rings. The van der Waals surface area contributed by atoms with Crippen LogP contribution in [0.4, 0.5) is 0 Å². The van der Waals surface area contributed by atoms with E-state index >= 15 is 0 Å². The number of carbonyl (C=O) groups excluding carboxylic acids is 1. The lowest BCUT2D eigenvalue weighted by Crippen LogP contribution is -2.27. The van der Waals surface area contributed by atoms with Crippen LogP contribution in [0.2, 0.25) is 0 Å². The topological polar surface area (TPSA) is 84.5 Å². The lowest BCUT2D eigenvalue weighted by molar-refractivity contribution is 0.0951. The van der Waals surface area contributed by atoms with Crippen molar-refractivity contribution in [3.05, 3.63) is 65.2 Å². The number of sulfonamides is 1. The Hall–Kier alpha value is -2.22. The first-order valence-corrected chi connectivity index (χ1v) is 10.6. The van der Waals surface area contributed by atoms with Crippen LogP contribution in [0.3, 0.4) is 0 Å². The van der Waals surface area contributed by atoms with Gasteiger partial charge in [-0.2, -0.15) is 0 Å². The minimum atomic E-state index is -3.56. The summed E-state index contributed by atoms with van der Waals surface area (Å²) < 4.78 is 31.6. The fourth-order valence-electron chi connectivity index (χ4n) is 2.55. The van der Waals surface area contributed by atoms with Gasteiger partial charge in [0.25, 0.3) is 5.91 Å². The minimum absolute atomic E-state index is 0.0372. The minimum Gasteiger partial charge on any atom is -0.383 e. The average molecular weight is 405 g/mol. The van der Waals surface area contributed by atoms with Gasteiger partial charge in [0.05, 0.1) is 11.5 Å². The highest BCUT2D eigenvalue weighted by molar-refractivity contribution is 7.89. The second-order valence-corrected chi connectivity index (χ2v) is 9.31. The molecule has 2 N–H and O–H groups in total. The van der Waals surface area contributed by atoms with E-state index in [0.717, 1.165) is 5.56 Å². The third-order valence-corrected chi connectivity index (χ3v) is 5.78. The van der Waals surface area contributed by atoms with Crippen molar-refractivity contribution >= 4 is 15.9 Å². The molecule has 0 aromatic heterocycles. The van der Waals surface area contributed by atoms with Crippen LogP contribution in [0, 0.1) is 0 Å². The second kappa shape index (κ2) is 9.32. The van der Waals surface area contributed by atoms with Gasteiger partial charge < -0.3 is 10.1 Å². The van der Waals surface area contributed by atoms with Crippen molar-refractivity contribution < 1.29 is 17.9 Å². The summed E-state index contributed by atoms with van der Waals surface area (Å²) in [5, 5.41) is 2.85. The number of nitrogens with one attached hydrogen (secondary N) is 2. The summed E-state index contributed by atoms with van der Waals surface area (Å²) in [4.78, 5) is 12.5. The smallest absolute Gasteiger partial charge is 0.251 e. The molecule has 2 aromatic carbocycles. The molecule has 0 unspecified atom stereocenters. The van der Waals surface area contributed by atoms with Crippen molar-refractivity contribution in [2.24, 2.45) is 0 Å². The lowest BCUT2D eigenvalue weighted by Gasteiger charge is -2.19. The van der Waals surface area contributed by atoms with E-state index in [1.54, 1.807) is 12.1 Å². The molecule has 0 aliphatic heterocycles. The van der Waals surface area contributed by atoms with Crippen molar-refractivity contribution in [3.8, 4) is 0 Å². The zero-order valence-corrected chi connectivity index (χ0v) is 17.6. The van der Waals surface area contributed by atoms with Crippen molar-refractivity contribution in [2.75, 3.05) is 20.3 Å². The molecule has 0 saturated carbocycles. The molecule has 7 heteroatoms. The van der Waals surface area contributed by atoms with Crippen LogP contribution < -0.4 is 10.0 Å². The Morgan fingerprint density at radius 2 is 1.61 bits per heavy atom. The molecule has 0 aliphatic rings. The maximum Gasteiger partial charge on any atom is 0.251 e. The number of carbonyl (C=O) groups is 1. The van der Waals surface area contributed by atoms with Crippen molar-refractivity contribution in [1.82, 2.24) is 10.0 Å². The molecule has 0 spiro atoms. The summed E-state index contributed by atoms with van der Waals surface area (Å²) in [6.07, 6.45) is 0. The molecular formula is C21H28N2O4S. The SMILES string of the molecule is COCCNS(=O)(=O)c1ccc(CNC(=O)c2ccc(C(C)(C)C)cc2)cc1. The van der Waals surface area contributed by atoms with Crippen molar-refractivity contribution in [3.63, 3.8) is 0 Å². The monoisotopic (exact) mass is 404 g/mol. The van der Waals surface area contributed by atoms with E-state index in [1.165, 1.54) is 24.8 Å². The molecule has 0 radical (unpaired) electrons. The Kier molecular flexibility index (Phi) is 7.35. The first-order valence-electron chi connectivity index (χ1n) is 9.10. The number of hydrogen-bond donors (Lipinski definition) is 2.